The van der Waals surface area contributed by atoms with Gasteiger partial charge in [0.25, 0.3) is 0 Å². The lowest BCUT2D eigenvalue weighted by Gasteiger charge is -2.07. The highest BCUT2D eigenvalue weighted by Crippen LogP contribution is 2.20. The average molecular weight is 172 g/mol. The van der Waals surface area contributed by atoms with Gasteiger partial charge >= 0.3 is 6.61 Å². The van der Waals surface area contributed by atoms with E-state index in [4.69, 9.17) is 0 Å². The van der Waals surface area contributed by atoms with Crippen molar-refractivity contribution in [1.82, 2.24) is 0 Å². The molecule has 1 aromatic carbocycles. The minimum Gasteiger partial charge on any atom is -0.435 e. The number of hydrogen-bond donors (Lipinski definition) is 0. The van der Waals surface area contributed by atoms with E-state index in [-0.39, 0.29) is 5.75 Å². The number of ether oxygens (including phenoxy) is 1. The average Bonchev–Trinajstić information content (AvgIpc) is 1.94. The lowest BCUT2D eigenvalue weighted by Crippen LogP contribution is -2.03. The molecule has 1 nitrogen and oxygen atoms in total. The van der Waals surface area contributed by atoms with Gasteiger partial charge in [-0.05, 0) is 25.5 Å². The van der Waals surface area contributed by atoms with Gasteiger partial charge in [0.15, 0.2) is 0 Å². The van der Waals surface area contributed by atoms with Gasteiger partial charge in [-0.15, -0.1) is 0 Å². The fourth-order valence-electron chi connectivity index (χ4n) is 1.03. The molecule has 0 aromatic heterocycles. The highest BCUT2D eigenvalue weighted by Gasteiger charge is 2.05. The van der Waals surface area contributed by atoms with Crippen molar-refractivity contribution in [2.45, 2.75) is 20.5 Å². The number of rotatable bonds is 2. The van der Waals surface area contributed by atoms with Gasteiger partial charge in [0.05, 0.1) is 0 Å². The summed E-state index contributed by atoms with van der Waals surface area (Å²) in [4.78, 5) is 0. The third-order valence-electron chi connectivity index (χ3n) is 1.55. The zero-order valence-corrected chi connectivity index (χ0v) is 6.97. The van der Waals surface area contributed by atoms with Crippen LogP contribution in [0.5, 0.6) is 5.75 Å². The van der Waals surface area contributed by atoms with Gasteiger partial charge in [-0.3, -0.25) is 0 Å². The van der Waals surface area contributed by atoms with E-state index in [1.165, 1.54) is 0 Å². The number of halogens is 2. The molecule has 1 aromatic rings. The van der Waals surface area contributed by atoms with Crippen molar-refractivity contribution in [2.24, 2.45) is 0 Å². The molecule has 0 spiro atoms. The molecule has 0 saturated carbocycles. The molecule has 1 rings (SSSR count). The Morgan fingerprint density at radius 2 is 1.92 bits per heavy atom. The first kappa shape index (κ1) is 8.97. The second-order valence-corrected chi connectivity index (χ2v) is 2.65. The van der Waals surface area contributed by atoms with Gasteiger partial charge in [-0.25, -0.2) is 0 Å². The summed E-state index contributed by atoms with van der Waals surface area (Å²) in [5, 5.41) is 0. The Hall–Kier alpha value is -1.12. The second kappa shape index (κ2) is 3.52. The SMILES string of the molecule is Cc1ccc(OC(F)F)c(C)c1. The molecule has 0 amide bonds. The van der Waals surface area contributed by atoms with Crippen molar-refractivity contribution in [2.75, 3.05) is 0 Å². The van der Waals surface area contributed by atoms with E-state index in [1.54, 1.807) is 25.1 Å². The van der Waals surface area contributed by atoms with E-state index >= 15 is 0 Å². The summed E-state index contributed by atoms with van der Waals surface area (Å²) in [7, 11) is 0. The van der Waals surface area contributed by atoms with Crippen molar-refractivity contribution in [3.05, 3.63) is 29.3 Å². The molecule has 0 saturated heterocycles. The molecule has 0 fully saturated rings. The molecule has 0 aliphatic carbocycles. The molecule has 0 bridgehead atoms. The summed E-state index contributed by atoms with van der Waals surface area (Å²) >= 11 is 0. The fraction of sp³-hybridized carbons (Fsp3) is 0.333. The Morgan fingerprint density at radius 3 is 2.42 bits per heavy atom. The van der Waals surface area contributed by atoms with E-state index in [2.05, 4.69) is 4.74 Å². The molecule has 0 unspecified atom stereocenters. The van der Waals surface area contributed by atoms with Crippen LogP contribution in [-0.2, 0) is 0 Å². The predicted molar refractivity (Wildman–Crippen MR) is 42.5 cm³/mol. The quantitative estimate of drug-likeness (QED) is 0.666. The molecule has 0 N–H and O–H groups in total. The monoisotopic (exact) mass is 172 g/mol. The maximum absolute atomic E-state index is 11.8. The highest BCUT2D eigenvalue weighted by atomic mass is 19.3. The van der Waals surface area contributed by atoms with E-state index in [9.17, 15) is 8.78 Å². The zero-order chi connectivity index (χ0) is 9.14. The highest BCUT2D eigenvalue weighted by molar-refractivity contribution is 5.35. The van der Waals surface area contributed by atoms with Gasteiger partial charge in [0.2, 0.25) is 0 Å². The smallest absolute Gasteiger partial charge is 0.387 e. The Bertz CT molecular complexity index is 271. The molecular weight excluding hydrogens is 162 g/mol. The summed E-state index contributed by atoms with van der Waals surface area (Å²) in [6, 6.07) is 5.10. The predicted octanol–water partition coefficient (Wildman–Crippen LogP) is 2.90. The lowest BCUT2D eigenvalue weighted by molar-refractivity contribution is -0.0503. The third-order valence-corrected chi connectivity index (χ3v) is 1.55. The van der Waals surface area contributed by atoms with Crippen molar-refractivity contribution < 1.29 is 13.5 Å². The van der Waals surface area contributed by atoms with E-state index in [1.807, 2.05) is 6.92 Å². The van der Waals surface area contributed by atoms with Crippen LogP contribution in [0.1, 0.15) is 11.1 Å². The molecule has 0 heterocycles. The van der Waals surface area contributed by atoms with Crippen LogP contribution in [0.25, 0.3) is 0 Å². The first-order chi connectivity index (χ1) is 5.59. The number of aryl methyl sites for hydroxylation is 2. The van der Waals surface area contributed by atoms with Crippen LogP contribution in [0.2, 0.25) is 0 Å². The van der Waals surface area contributed by atoms with Crippen molar-refractivity contribution in [1.29, 1.82) is 0 Å². The lowest BCUT2D eigenvalue weighted by atomic mass is 10.1. The van der Waals surface area contributed by atoms with Gasteiger partial charge < -0.3 is 4.74 Å². The summed E-state index contributed by atoms with van der Waals surface area (Å²) in [5.41, 5.74) is 1.77. The summed E-state index contributed by atoms with van der Waals surface area (Å²) in [6.45, 7) is 0.899. The topological polar surface area (TPSA) is 9.23 Å². The number of hydrogen-bond acceptors (Lipinski definition) is 1. The van der Waals surface area contributed by atoms with Gasteiger partial charge in [0, 0.05) is 0 Å². The van der Waals surface area contributed by atoms with Crippen LogP contribution >= 0.6 is 0 Å². The number of benzene rings is 1. The molecule has 0 atom stereocenters. The first-order valence-corrected chi connectivity index (χ1v) is 3.61. The zero-order valence-electron chi connectivity index (χ0n) is 6.97. The standard InChI is InChI=1S/C9H10F2O/c1-6-3-4-8(7(2)5-6)12-9(10)11/h3-5,9H,1-2H3. The summed E-state index contributed by atoms with van der Waals surface area (Å²) < 4.78 is 27.8. The van der Waals surface area contributed by atoms with E-state index in [0.29, 0.717) is 0 Å². The van der Waals surface area contributed by atoms with Crippen LogP contribution in [0.4, 0.5) is 8.78 Å². The molecule has 0 aliphatic heterocycles. The van der Waals surface area contributed by atoms with Crippen LogP contribution in [0.15, 0.2) is 18.2 Å². The Kier molecular flexibility index (Phi) is 2.63. The fourth-order valence-corrected chi connectivity index (χ4v) is 1.03. The van der Waals surface area contributed by atoms with E-state index < -0.39 is 6.61 Å². The molecule has 12 heavy (non-hydrogen) atoms. The molecular formula is C9H10F2O. The summed E-state index contributed by atoms with van der Waals surface area (Å²) in [6.07, 6.45) is 0. The third kappa shape index (κ3) is 2.19. The first-order valence-electron chi connectivity index (χ1n) is 3.61. The minimum atomic E-state index is -2.74. The molecule has 66 valence electrons. The van der Waals surface area contributed by atoms with Crippen molar-refractivity contribution >= 4 is 0 Å². The van der Waals surface area contributed by atoms with Crippen LogP contribution < -0.4 is 4.74 Å². The van der Waals surface area contributed by atoms with Gasteiger partial charge in [-0.2, -0.15) is 8.78 Å². The molecule has 3 heteroatoms. The van der Waals surface area contributed by atoms with Crippen molar-refractivity contribution in [3.8, 4) is 5.75 Å². The molecule has 0 radical (unpaired) electrons. The Balaban J connectivity index is 2.86. The van der Waals surface area contributed by atoms with Gasteiger partial charge in [-0.1, -0.05) is 17.7 Å². The largest absolute Gasteiger partial charge is 0.435 e. The van der Waals surface area contributed by atoms with Crippen LogP contribution in [0, 0.1) is 13.8 Å². The van der Waals surface area contributed by atoms with E-state index in [0.717, 1.165) is 11.1 Å². The summed E-state index contributed by atoms with van der Waals surface area (Å²) in [5.74, 6) is 0.246. The number of alkyl halides is 2. The van der Waals surface area contributed by atoms with Crippen LogP contribution in [0.3, 0.4) is 0 Å². The second-order valence-electron chi connectivity index (χ2n) is 2.65. The van der Waals surface area contributed by atoms with Crippen LogP contribution in [-0.4, -0.2) is 6.61 Å². The maximum atomic E-state index is 11.8. The normalized spacial score (nSPS) is 10.4. The molecule has 0 aliphatic rings. The maximum Gasteiger partial charge on any atom is 0.387 e. The minimum absolute atomic E-state index is 0.246. The van der Waals surface area contributed by atoms with Gasteiger partial charge in [0.1, 0.15) is 5.75 Å². The Labute approximate surface area is 70.0 Å². The van der Waals surface area contributed by atoms with Crippen molar-refractivity contribution in [3.63, 3.8) is 0 Å². The Morgan fingerprint density at radius 1 is 1.25 bits per heavy atom.